The quantitative estimate of drug-likeness (QED) is 0.445. The van der Waals surface area contributed by atoms with Gasteiger partial charge in [0.2, 0.25) is 5.91 Å². The second-order valence-corrected chi connectivity index (χ2v) is 7.87. The Balaban J connectivity index is 1.82. The van der Waals surface area contributed by atoms with Crippen molar-refractivity contribution in [1.29, 1.82) is 0 Å². The van der Waals surface area contributed by atoms with Gasteiger partial charge in [0.25, 0.3) is 0 Å². The van der Waals surface area contributed by atoms with Crippen LogP contribution in [0.3, 0.4) is 0 Å². The molecule has 0 aliphatic heterocycles. The minimum Gasteiger partial charge on any atom is -0.322 e. The molecule has 0 saturated heterocycles. The van der Waals surface area contributed by atoms with Crippen LogP contribution < -0.4 is 5.32 Å². The number of nitrogens with one attached hydrogen (secondary N) is 1. The van der Waals surface area contributed by atoms with Crippen molar-refractivity contribution >= 4 is 57.6 Å². The minimum atomic E-state index is -0.353. The van der Waals surface area contributed by atoms with Gasteiger partial charge in [0, 0.05) is 17.8 Å². The molecule has 3 aromatic rings. The average Bonchev–Trinajstić information content (AvgIpc) is 2.93. The van der Waals surface area contributed by atoms with Crippen LogP contribution in [-0.2, 0) is 11.3 Å². The van der Waals surface area contributed by atoms with E-state index in [2.05, 4.69) is 26.8 Å². The van der Waals surface area contributed by atoms with Gasteiger partial charge in [-0.2, -0.15) is 0 Å². The molecule has 0 fully saturated rings. The Bertz CT molecular complexity index is 944. The van der Waals surface area contributed by atoms with Crippen molar-refractivity contribution in [3.8, 4) is 0 Å². The lowest BCUT2D eigenvalue weighted by Crippen LogP contribution is -2.23. The Morgan fingerprint density at radius 3 is 2.88 bits per heavy atom. The number of hydrogen-bond donors (Lipinski definition) is 1. The molecule has 1 atom stereocenters. The number of rotatable bonds is 6. The first-order valence-electron chi connectivity index (χ1n) is 8.23. The average molecular weight is 409 g/mol. The molecule has 1 aromatic carbocycles. The molecule has 26 heavy (non-hydrogen) atoms. The Hall–Kier alpha value is -1.76. The summed E-state index contributed by atoms with van der Waals surface area (Å²) >= 11 is 13.5. The molecule has 3 rings (SSSR count). The lowest BCUT2D eigenvalue weighted by Gasteiger charge is -2.13. The monoisotopic (exact) mass is 408 g/mol. The highest BCUT2D eigenvalue weighted by molar-refractivity contribution is 8.00. The van der Waals surface area contributed by atoms with E-state index in [1.807, 2.05) is 25.1 Å². The van der Waals surface area contributed by atoms with Gasteiger partial charge in [0.05, 0.1) is 22.0 Å². The first-order chi connectivity index (χ1) is 12.5. The van der Waals surface area contributed by atoms with Crippen molar-refractivity contribution in [2.24, 2.45) is 0 Å². The van der Waals surface area contributed by atoms with E-state index in [9.17, 15) is 4.79 Å². The summed E-state index contributed by atoms with van der Waals surface area (Å²) in [6, 6.07) is 9.10. The number of halogens is 2. The number of anilines is 1. The number of amides is 1. The first kappa shape index (κ1) is 19.0. The zero-order chi connectivity index (χ0) is 18.7. The van der Waals surface area contributed by atoms with Crippen molar-refractivity contribution in [3.05, 3.63) is 46.7 Å². The van der Waals surface area contributed by atoms with E-state index in [-0.39, 0.29) is 16.3 Å². The van der Waals surface area contributed by atoms with E-state index >= 15 is 0 Å². The van der Waals surface area contributed by atoms with Gasteiger partial charge in [0.1, 0.15) is 0 Å². The van der Waals surface area contributed by atoms with E-state index in [0.717, 1.165) is 29.2 Å². The number of carbonyl (C=O) groups is 1. The maximum absolute atomic E-state index is 12.5. The van der Waals surface area contributed by atoms with Gasteiger partial charge < -0.3 is 9.88 Å². The van der Waals surface area contributed by atoms with Crippen molar-refractivity contribution in [2.45, 2.75) is 37.2 Å². The fraction of sp³-hybridized carbons (Fsp3) is 0.278. The van der Waals surface area contributed by atoms with Crippen LogP contribution in [0.2, 0.25) is 10.2 Å². The number of carbonyl (C=O) groups excluding carboxylic acids is 1. The Kier molecular flexibility index (Phi) is 6.06. The molecule has 0 aliphatic carbocycles. The molecule has 1 N–H and O–H groups in total. The maximum Gasteiger partial charge on any atom is 0.237 e. The van der Waals surface area contributed by atoms with E-state index in [4.69, 9.17) is 23.2 Å². The van der Waals surface area contributed by atoms with Gasteiger partial charge in [-0.15, -0.1) is 0 Å². The van der Waals surface area contributed by atoms with Gasteiger partial charge >= 0.3 is 0 Å². The van der Waals surface area contributed by atoms with Crippen LogP contribution in [0, 0.1) is 0 Å². The number of aromatic nitrogens is 3. The number of nitrogens with zero attached hydrogens (tertiary/aromatic N) is 3. The van der Waals surface area contributed by atoms with Crippen molar-refractivity contribution in [1.82, 2.24) is 14.5 Å². The Morgan fingerprint density at radius 1 is 1.35 bits per heavy atom. The summed E-state index contributed by atoms with van der Waals surface area (Å²) in [7, 11) is 0. The van der Waals surface area contributed by atoms with Gasteiger partial charge in [-0.25, -0.2) is 9.97 Å². The van der Waals surface area contributed by atoms with Gasteiger partial charge in [-0.3, -0.25) is 4.79 Å². The molecule has 0 aliphatic rings. The number of pyridine rings is 1. The molecular weight excluding hydrogens is 391 g/mol. The summed E-state index contributed by atoms with van der Waals surface area (Å²) in [4.78, 5) is 21.2. The lowest BCUT2D eigenvalue weighted by molar-refractivity contribution is -0.115. The predicted octanol–water partition coefficient (Wildman–Crippen LogP) is 5.27. The standard InChI is InChI=1S/C18H18Cl2N4OS/c1-3-9-24-15-7-6-12(19)10-14(15)23-18(24)26-11(2)17(25)22-13-5-4-8-21-16(13)20/h4-8,10-11H,3,9H2,1-2H3,(H,22,25)/t11-/m0/s1. The number of aryl methyl sites for hydroxylation is 1. The SMILES string of the molecule is CCCn1c(S[C@@H](C)C(=O)Nc2cccnc2Cl)nc2cc(Cl)ccc21. The normalized spacial score (nSPS) is 12.3. The zero-order valence-electron chi connectivity index (χ0n) is 14.4. The van der Waals surface area contributed by atoms with Gasteiger partial charge in [0.15, 0.2) is 10.3 Å². The fourth-order valence-electron chi connectivity index (χ4n) is 2.54. The summed E-state index contributed by atoms with van der Waals surface area (Å²) < 4.78 is 2.12. The van der Waals surface area contributed by atoms with Crippen LogP contribution in [0.25, 0.3) is 11.0 Å². The van der Waals surface area contributed by atoms with Crippen LogP contribution in [0.15, 0.2) is 41.7 Å². The summed E-state index contributed by atoms with van der Waals surface area (Å²) in [5.74, 6) is -0.155. The van der Waals surface area contributed by atoms with Crippen LogP contribution >= 0.6 is 35.0 Å². The molecule has 0 unspecified atom stereocenters. The number of fused-ring (bicyclic) bond motifs is 1. The molecule has 0 spiro atoms. The van der Waals surface area contributed by atoms with Crippen molar-refractivity contribution in [3.63, 3.8) is 0 Å². The number of thioether (sulfide) groups is 1. The summed E-state index contributed by atoms with van der Waals surface area (Å²) in [5, 5.41) is 4.17. The molecular formula is C18H18Cl2N4OS. The Morgan fingerprint density at radius 2 is 2.15 bits per heavy atom. The summed E-state index contributed by atoms with van der Waals surface area (Å²) in [5.41, 5.74) is 2.35. The van der Waals surface area contributed by atoms with E-state index in [1.165, 1.54) is 11.8 Å². The minimum absolute atomic E-state index is 0.155. The van der Waals surface area contributed by atoms with E-state index < -0.39 is 0 Å². The second-order valence-electron chi connectivity index (χ2n) is 5.77. The molecule has 0 saturated carbocycles. The van der Waals surface area contributed by atoms with Crippen LogP contribution in [-0.4, -0.2) is 25.7 Å². The lowest BCUT2D eigenvalue weighted by atomic mass is 10.3. The first-order valence-corrected chi connectivity index (χ1v) is 9.87. The molecule has 5 nitrogen and oxygen atoms in total. The van der Waals surface area contributed by atoms with Gasteiger partial charge in [-0.05, 0) is 43.7 Å². The topological polar surface area (TPSA) is 59.8 Å². The number of hydrogen-bond acceptors (Lipinski definition) is 4. The highest BCUT2D eigenvalue weighted by atomic mass is 35.5. The van der Waals surface area contributed by atoms with Gasteiger partial charge in [-0.1, -0.05) is 41.9 Å². The van der Waals surface area contributed by atoms with Crippen LogP contribution in [0.1, 0.15) is 20.3 Å². The third-order valence-corrected chi connectivity index (χ3v) is 5.42. The highest BCUT2D eigenvalue weighted by Crippen LogP contribution is 2.30. The fourth-order valence-corrected chi connectivity index (χ4v) is 3.82. The third kappa shape index (κ3) is 4.14. The largest absolute Gasteiger partial charge is 0.322 e. The molecule has 136 valence electrons. The second kappa shape index (κ2) is 8.29. The van der Waals surface area contributed by atoms with Crippen molar-refractivity contribution in [2.75, 3.05) is 5.32 Å². The van der Waals surface area contributed by atoms with E-state index in [1.54, 1.807) is 18.3 Å². The number of benzene rings is 1. The van der Waals surface area contributed by atoms with Crippen molar-refractivity contribution < 1.29 is 4.79 Å². The molecule has 2 heterocycles. The molecule has 0 bridgehead atoms. The van der Waals surface area contributed by atoms with Crippen LogP contribution in [0.5, 0.6) is 0 Å². The zero-order valence-corrected chi connectivity index (χ0v) is 16.7. The summed E-state index contributed by atoms with van der Waals surface area (Å²) in [6.45, 7) is 4.77. The van der Waals surface area contributed by atoms with Crippen LogP contribution in [0.4, 0.5) is 5.69 Å². The molecule has 0 radical (unpaired) electrons. The summed E-state index contributed by atoms with van der Waals surface area (Å²) in [6.07, 6.45) is 2.54. The maximum atomic E-state index is 12.5. The molecule has 2 aromatic heterocycles. The highest BCUT2D eigenvalue weighted by Gasteiger charge is 2.20. The number of imidazole rings is 1. The smallest absolute Gasteiger partial charge is 0.237 e. The molecule has 8 heteroatoms. The predicted molar refractivity (Wildman–Crippen MR) is 108 cm³/mol. The van der Waals surface area contributed by atoms with E-state index in [0.29, 0.717) is 10.7 Å². The third-order valence-electron chi connectivity index (χ3n) is 3.79. The Labute approximate surface area is 166 Å². The molecule has 1 amide bonds.